The van der Waals surface area contributed by atoms with Gasteiger partial charge in [0.1, 0.15) is 17.1 Å². The number of rotatable bonds is 2. The fourth-order valence-corrected chi connectivity index (χ4v) is 2.23. The summed E-state index contributed by atoms with van der Waals surface area (Å²) >= 11 is 0. The molecule has 0 aromatic heterocycles. The first kappa shape index (κ1) is 12.2. The zero-order valence-electron chi connectivity index (χ0n) is 11.0. The van der Waals surface area contributed by atoms with Crippen LogP contribution in [-0.2, 0) is 0 Å². The lowest BCUT2D eigenvalue weighted by Gasteiger charge is -2.36. The van der Waals surface area contributed by atoms with E-state index in [0.717, 1.165) is 23.5 Å². The summed E-state index contributed by atoms with van der Waals surface area (Å²) in [5.74, 6) is 1.69. The van der Waals surface area contributed by atoms with Crippen molar-refractivity contribution in [1.29, 1.82) is 0 Å². The van der Waals surface area contributed by atoms with Crippen molar-refractivity contribution >= 4 is 0 Å². The van der Waals surface area contributed by atoms with E-state index >= 15 is 0 Å². The van der Waals surface area contributed by atoms with Gasteiger partial charge >= 0.3 is 0 Å². The van der Waals surface area contributed by atoms with E-state index in [0.29, 0.717) is 0 Å². The van der Waals surface area contributed by atoms with E-state index < -0.39 is 0 Å². The van der Waals surface area contributed by atoms with Gasteiger partial charge in [0.15, 0.2) is 0 Å². The molecule has 0 fully saturated rings. The number of nitrogens with two attached hydrogens (primary N) is 1. The number of hydrogen-bond acceptors (Lipinski definition) is 3. The van der Waals surface area contributed by atoms with Gasteiger partial charge in [-0.2, -0.15) is 0 Å². The molecular weight excluding hydrogens is 214 g/mol. The summed E-state index contributed by atoms with van der Waals surface area (Å²) in [5, 5.41) is 0. The van der Waals surface area contributed by atoms with Crippen LogP contribution in [0.5, 0.6) is 11.5 Å². The van der Waals surface area contributed by atoms with Crippen LogP contribution in [0.25, 0.3) is 0 Å². The van der Waals surface area contributed by atoms with Crippen molar-refractivity contribution in [1.82, 2.24) is 0 Å². The fourth-order valence-electron chi connectivity index (χ4n) is 2.23. The summed E-state index contributed by atoms with van der Waals surface area (Å²) in [5.41, 5.74) is 7.02. The van der Waals surface area contributed by atoms with Crippen LogP contribution < -0.4 is 15.2 Å². The second-order valence-corrected chi connectivity index (χ2v) is 5.54. The third-order valence-corrected chi connectivity index (χ3v) is 2.85. The SMILES string of the molecule is CC(C)Oc1ccc2c(c1)OC(C)(C)CC2N. The normalized spacial score (nSPS) is 21.9. The van der Waals surface area contributed by atoms with E-state index in [2.05, 4.69) is 13.8 Å². The first-order valence-electron chi connectivity index (χ1n) is 6.12. The standard InChI is InChI=1S/C14H21NO2/c1-9(2)16-10-5-6-11-12(15)8-14(3,4)17-13(11)7-10/h5-7,9,12H,8,15H2,1-4H3. The number of fused-ring (bicyclic) bond motifs is 1. The van der Waals surface area contributed by atoms with Crippen molar-refractivity contribution in [2.24, 2.45) is 5.73 Å². The van der Waals surface area contributed by atoms with Crippen LogP contribution in [0, 0.1) is 0 Å². The average Bonchev–Trinajstić information content (AvgIpc) is 2.13. The van der Waals surface area contributed by atoms with Crippen molar-refractivity contribution < 1.29 is 9.47 Å². The lowest BCUT2D eigenvalue weighted by atomic mass is 9.90. The van der Waals surface area contributed by atoms with Gasteiger partial charge in [0, 0.05) is 24.1 Å². The second-order valence-electron chi connectivity index (χ2n) is 5.54. The summed E-state index contributed by atoms with van der Waals surface area (Å²) in [6.45, 7) is 8.14. The van der Waals surface area contributed by atoms with Crippen molar-refractivity contribution in [2.75, 3.05) is 0 Å². The van der Waals surface area contributed by atoms with Gasteiger partial charge in [-0.05, 0) is 33.8 Å². The molecule has 0 radical (unpaired) electrons. The van der Waals surface area contributed by atoms with Gasteiger partial charge < -0.3 is 15.2 Å². The lowest BCUT2D eigenvalue weighted by Crippen LogP contribution is -2.37. The van der Waals surface area contributed by atoms with E-state index in [4.69, 9.17) is 15.2 Å². The molecule has 94 valence electrons. The molecule has 1 aromatic carbocycles. The highest BCUT2D eigenvalue weighted by atomic mass is 16.5. The third kappa shape index (κ3) is 2.72. The molecule has 3 heteroatoms. The third-order valence-electron chi connectivity index (χ3n) is 2.85. The summed E-state index contributed by atoms with van der Waals surface area (Å²) in [6, 6.07) is 5.95. The maximum Gasteiger partial charge on any atom is 0.128 e. The largest absolute Gasteiger partial charge is 0.491 e. The second kappa shape index (κ2) is 4.22. The highest BCUT2D eigenvalue weighted by molar-refractivity contribution is 5.44. The molecule has 1 aromatic rings. The molecule has 0 aliphatic carbocycles. The molecule has 2 rings (SSSR count). The molecule has 0 saturated heterocycles. The van der Waals surface area contributed by atoms with Gasteiger partial charge in [-0.15, -0.1) is 0 Å². The Morgan fingerprint density at radius 2 is 2.12 bits per heavy atom. The van der Waals surface area contributed by atoms with E-state index in [1.54, 1.807) is 0 Å². The van der Waals surface area contributed by atoms with Gasteiger partial charge in [0.05, 0.1) is 6.10 Å². The highest BCUT2D eigenvalue weighted by Gasteiger charge is 2.31. The van der Waals surface area contributed by atoms with Crippen molar-refractivity contribution in [2.45, 2.75) is 51.9 Å². The number of benzene rings is 1. The molecule has 0 amide bonds. The summed E-state index contributed by atoms with van der Waals surface area (Å²) in [6.07, 6.45) is 1.00. The molecule has 1 unspecified atom stereocenters. The highest BCUT2D eigenvalue weighted by Crippen LogP contribution is 2.40. The molecule has 1 aliphatic heterocycles. The van der Waals surface area contributed by atoms with Gasteiger partial charge in [-0.25, -0.2) is 0 Å². The minimum Gasteiger partial charge on any atom is -0.491 e. The molecule has 3 nitrogen and oxygen atoms in total. The zero-order valence-corrected chi connectivity index (χ0v) is 11.0. The molecule has 2 N–H and O–H groups in total. The Morgan fingerprint density at radius 1 is 1.41 bits per heavy atom. The van der Waals surface area contributed by atoms with Crippen LogP contribution in [0.15, 0.2) is 18.2 Å². The average molecular weight is 235 g/mol. The summed E-state index contributed by atoms with van der Waals surface area (Å²) < 4.78 is 11.6. The van der Waals surface area contributed by atoms with E-state index in [-0.39, 0.29) is 17.7 Å². The Morgan fingerprint density at radius 3 is 2.76 bits per heavy atom. The lowest BCUT2D eigenvalue weighted by molar-refractivity contribution is 0.0723. The minimum atomic E-state index is -0.205. The van der Waals surface area contributed by atoms with E-state index in [9.17, 15) is 0 Å². The molecule has 1 aliphatic rings. The first-order valence-corrected chi connectivity index (χ1v) is 6.12. The van der Waals surface area contributed by atoms with Crippen molar-refractivity contribution in [3.63, 3.8) is 0 Å². The van der Waals surface area contributed by atoms with Crippen LogP contribution in [0.2, 0.25) is 0 Å². The summed E-state index contributed by atoms with van der Waals surface area (Å²) in [4.78, 5) is 0. The van der Waals surface area contributed by atoms with E-state index in [1.165, 1.54) is 0 Å². The van der Waals surface area contributed by atoms with Gasteiger partial charge in [-0.3, -0.25) is 0 Å². The van der Waals surface area contributed by atoms with Gasteiger partial charge in [0.25, 0.3) is 0 Å². The predicted molar refractivity (Wildman–Crippen MR) is 68.5 cm³/mol. The quantitative estimate of drug-likeness (QED) is 0.857. The van der Waals surface area contributed by atoms with Crippen LogP contribution in [0.4, 0.5) is 0 Å². The Bertz CT molecular complexity index is 413. The maximum atomic E-state index is 6.15. The van der Waals surface area contributed by atoms with Crippen LogP contribution in [-0.4, -0.2) is 11.7 Å². The smallest absolute Gasteiger partial charge is 0.128 e. The van der Waals surface area contributed by atoms with Gasteiger partial charge in [0.2, 0.25) is 0 Å². The molecular formula is C14H21NO2. The number of ether oxygens (including phenoxy) is 2. The fraction of sp³-hybridized carbons (Fsp3) is 0.571. The molecule has 0 bridgehead atoms. The van der Waals surface area contributed by atoms with Crippen molar-refractivity contribution in [3.8, 4) is 11.5 Å². The molecule has 17 heavy (non-hydrogen) atoms. The molecule has 0 spiro atoms. The first-order chi connectivity index (χ1) is 7.87. The van der Waals surface area contributed by atoms with Crippen LogP contribution in [0.1, 0.15) is 45.7 Å². The molecule has 1 heterocycles. The van der Waals surface area contributed by atoms with Gasteiger partial charge in [-0.1, -0.05) is 6.07 Å². The van der Waals surface area contributed by atoms with Crippen molar-refractivity contribution in [3.05, 3.63) is 23.8 Å². The monoisotopic (exact) mass is 235 g/mol. The topological polar surface area (TPSA) is 44.5 Å². The maximum absolute atomic E-state index is 6.15. The Hall–Kier alpha value is -1.22. The molecule has 1 atom stereocenters. The number of hydrogen-bond donors (Lipinski definition) is 1. The van der Waals surface area contributed by atoms with Crippen LogP contribution in [0.3, 0.4) is 0 Å². The Kier molecular flexibility index (Phi) is 3.04. The summed E-state index contributed by atoms with van der Waals surface area (Å²) in [7, 11) is 0. The zero-order chi connectivity index (χ0) is 12.6. The Balaban J connectivity index is 2.31. The Labute approximate surface area is 103 Å². The molecule has 0 saturated carbocycles. The van der Waals surface area contributed by atoms with Crippen LogP contribution >= 0.6 is 0 Å². The predicted octanol–water partition coefficient (Wildman–Crippen LogP) is 3.03. The van der Waals surface area contributed by atoms with E-state index in [1.807, 2.05) is 32.0 Å². The minimum absolute atomic E-state index is 0.0434.